The molecule has 0 saturated heterocycles. The highest BCUT2D eigenvalue weighted by molar-refractivity contribution is 9.11. The van der Waals surface area contributed by atoms with Crippen molar-refractivity contribution in [1.82, 2.24) is 0 Å². The van der Waals surface area contributed by atoms with Gasteiger partial charge in [0.15, 0.2) is 0 Å². The van der Waals surface area contributed by atoms with Gasteiger partial charge in [-0.25, -0.2) is 0 Å². The van der Waals surface area contributed by atoms with E-state index in [1.165, 1.54) is 12.1 Å². The van der Waals surface area contributed by atoms with Crippen LogP contribution in [0.25, 0.3) is 0 Å². The van der Waals surface area contributed by atoms with E-state index in [4.69, 9.17) is 5.73 Å². The van der Waals surface area contributed by atoms with E-state index in [1.54, 1.807) is 0 Å². The second kappa shape index (κ2) is 6.54. The lowest BCUT2D eigenvalue weighted by Crippen LogP contribution is -2.36. The van der Waals surface area contributed by atoms with E-state index in [0.29, 0.717) is 27.0 Å². The Morgan fingerprint density at radius 1 is 1.39 bits per heavy atom. The van der Waals surface area contributed by atoms with Crippen LogP contribution in [0.1, 0.15) is 20.3 Å². The molecule has 0 radical (unpaired) electrons. The van der Waals surface area contributed by atoms with Crippen molar-refractivity contribution in [2.75, 3.05) is 5.32 Å². The van der Waals surface area contributed by atoms with Gasteiger partial charge in [-0.05, 0) is 56.3 Å². The zero-order chi connectivity index (χ0) is 13.9. The minimum absolute atomic E-state index is 0.109. The molecule has 0 spiro atoms. The molecule has 4 N–H and O–H groups in total. The monoisotopic (exact) mass is 378 g/mol. The van der Waals surface area contributed by atoms with Gasteiger partial charge in [0.2, 0.25) is 5.91 Å². The summed E-state index contributed by atoms with van der Waals surface area (Å²) in [6.45, 7) is 4.03. The fourth-order valence-corrected chi connectivity index (χ4v) is 2.87. The topological polar surface area (TPSA) is 75.4 Å². The minimum Gasteiger partial charge on any atom is -0.508 e. The molecule has 0 unspecified atom stereocenters. The number of halogens is 2. The summed E-state index contributed by atoms with van der Waals surface area (Å²) >= 11 is 6.56. The van der Waals surface area contributed by atoms with Gasteiger partial charge < -0.3 is 16.2 Å². The van der Waals surface area contributed by atoms with Gasteiger partial charge in [0.1, 0.15) is 5.75 Å². The number of phenolic OH excluding ortho intramolecular Hbond substituents is 1. The Kier molecular flexibility index (Phi) is 5.62. The number of hydrogen-bond donors (Lipinski definition) is 3. The van der Waals surface area contributed by atoms with E-state index in [2.05, 4.69) is 37.2 Å². The summed E-state index contributed by atoms with van der Waals surface area (Å²) in [6.07, 6.45) is 0.624. The standard InChI is InChI=1S/C12H16Br2N2O2/c1-6(2)3-10(15)12(18)16-11-8(13)4-7(17)5-9(11)14/h4-6,10,17H,3,15H2,1-2H3,(H,16,18)/t10-/m0/s1. The fraction of sp³-hybridized carbons (Fsp3) is 0.417. The van der Waals surface area contributed by atoms with Gasteiger partial charge in [0, 0.05) is 8.95 Å². The van der Waals surface area contributed by atoms with E-state index in [0.717, 1.165) is 0 Å². The molecule has 0 bridgehead atoms. The van der Waals surface area contributed by atoms with Gasteiger partial charge in [-0.3, -0.25) is 4.79 Å². The Morgan fingerprint density at radius 3 is 2.33 bits per heavy atom. The highest BCUT2D eigenvalue weighted by Crippen LogP contribution is 2.34. The number of anilines is 1. The SMILES string of the molecule is CC(C)C[C@H](N)C(=O)Nc1c(Br)cc(O)cc1Br. The molecule has 18 heavy (non-hydrogen) atoms. The third-order valence-electron chi connectivity index (χ3n) is 2.34. The number of hydrogen-bond acceptors (Lipinski definition) is 3. The molecule has 1 atom stereocenters. The van der Waals surface area contributed by atoms with Crippen LogP contribution < -0.4 is 11.1 Å². The van der Waals surface area contributed by atoms with Crippen LogP contribution in [0.3, 0.4) is 0 Å². The molecule has 1 rings (SSSR count). The average Bonchev–Trinajstić information content (AvgIpc) is 2.21. The normalized spacial score (nSPS) is 12.6. The highest BCUT2D eigenvalue weighted by atomic mass is 79.9. The van der Waals surface area contributed by atoms with E-state index >= 15 is 0 Å². The molecule has 0 aliphatic carbocycles. The number of aromatic hydroxyl groups is 1. The maximum atomic E-state index is 11.9. The summed E-state index contributed by atoms with van der Waals surface area (Å²) in [7, 11) is 0. The zero-order valence-electron chi connectivity index (χ0n) is 10.2. The van der Waals surface area contributed by atoms with E-state index in [1.807, 2.05) is 13.8 Å². The first-order chi connectivity index (χ1) is 8.31. The maximum Gasteiger partial charge on any atom is 0.241 e. The van der Waals surface area contributed by atoms with Crippen LogP contribution >= 0.6 is 31.9 Å². The summed E-state index contributed by atoms with van der Waals surface area (Å²) < 4.78 is 1.19. The second-order valence-corrected chi connectivity index (χ2v) is 6.22. The third kappa shape index (κ3) is 4.26. The quantitative estimate of drug-likeness (QED) is 0.703. The van der Waals surface area contributed by atoms with Crippen molar-refractivity contribution >= 4 is 43.5 Å². The number of rotatable bonds is 4. The molecule has 0 saturated carbocycles. The van der Waals surface area contributed by atoms with Gasteiger partial charge in [-0.2, -0.15) is 0 Å². The number of carbonyl (C=O) groups excluding carboxylic acids is 1. The van der Waals surface area contributed by atoms with Gasteiger partial charge >= 0.3 is 0 Å². The number of phenols is 1. The molecule has 0 aliphatic rings. The number of carbonyl (C=O) groups is 1. The van der Waals surface area contributed by atoms with E-state index in [9.17, 15) is 9.90 Å². The zero-order valence-corrected chi connectivity index (χ0v) is 13.4. The van der Waals surface area contributed by atoms with Crippen LogP contribution in [-0.4, -0.2) is 17.1 Å². The van der Waals surface area contributed by atoms with Crippen LogP contribution in [0.4, 0.5) is 5.69 Å². The molecular weight excluding hydrogens is 364 g/mol. The third-order valence-corrected chi connectivity index (χ3v) is 3.59. The van der Waals surface area contributed by atoms with E-state index < -0.39 is 6.04 Å². The summed E-state index contributed by atoms with van der Waals surface area (Å²) in [5, 5.41) is 12.1. The van der Waals surface area contributed by atoms with Crippen molar-refractivity contribution in [2.24, 2.45) is 11.7 Å². The first-order valence-corrected chi connectivity index (χ1v) is 7.14. The summed E-state index contributed by atoms with van der Waals surface area (Å²) in [6, 6.07) is 2.47. The first-order valence-electron chi connectivity index (χ1n) is 5.55. The van der Waals surface area contributed by atoms with Crippen LogP contribution in [0, 0.1) is 5.92 Å². The van der Waals surface area contributed by atoms with Crippen molar-refractivity contribution in [3.8, 4) is 5.75 Å². The van der Waals surface area contributed by atoms with Gasteiger partial charge in [0.25, 0.3) is 0 Å². The molecule has 0 fully saturated rings. The largest absolute Gasteiger partial charge is 0.508 e. The van der Waals surface area contributed by atoms with Gasteiger partial charge in [-0.15, -0.1) is 0 Å². The fourth-order valence-electron chi connectivity index (χ4n) is 1.51. The van der Waals surface area contributed by atoms with Crippen molar-refractivity contribution in [2.45, 2.75) is 26.3 Å². The lowest BCUT2D eigenvalue weighted by atomic mass is 10.0. The van der Waals surface area contributed by atoms with Crippen molar-refractivity contribution in [1.29, 1.82) is 0 Å². The molecule has 1 aromatic carbocycles. The predicted molar refractivity (Wildman–Crippen MR) is 79.6 cm³/mol. The lowest BCUT2D eigenvalue weighted by Gasteiger charge is -2.16. The second-order valence-electron chi connectivity index (χ2n) is 4.51. The molecule has 100 valence electrons. The smallest absolute Gasteiger partial charge is 0.241 e. The number of amides is 1. The van der Waals surface area contributed by atoms with Crippen LogP contribution in [0.5, 0.6) is 5.75 Å². The Morgan fingerprint density at radius 2 is 1.89 bits per heavy atom. The van der Waals surface area contributed by atoms with Crippen LogP contribution in [-0.2, 0) is 4.79 Å². The number of nitrogens with two attached hydrogens (primary N) is 1. The van der Waals surface area contributed by atoms with Gasteiger partial charge in [-0.1, -0.05) is 13.8 Å². The van der Waals surface area contributed by atoms with Crippen LogP contribution in [0.15, 0.2) is 21.1 Å². The number of benzene rings is 1. The maximum absolute atomic E-state index is 11.9. The molecule has 6 heteroatoms. The summed E-state index contributed by atoms with van der Waals surface area (Å²) in [5.41, 5.74) is 6.37. The van der Waals surface area contributed by atoms with Crippen molar-refractivity contribution < 1.29 is 9.90 Å². The first kappa shape index (κ1) is 15.5. The van der Waals surface area contributed by atoms with Crippen molar-refractivity contribution in [3.05, 3.63) is 21.1 Å². The molecule has 0 heterocycles. The van der Waals surface area contributed by atoms with E-state index in [-0.39, 0.29) is 11.7 Å². The van der Waals surface area contributed by atoms with Crippen molar-refractivity contribution in [3.63, 3.8) is 0 Å². The molecule has 1 amide bonds. The Labute approximate surface area is 123 Å². The molecule has 4 nitrogen and oxygen atoms in total. The van der Waals surface area contributed by atoms with Gasteiger partial charge in [0.05, 0.1) is 11.7 Å². The Hall–Kier alpha value is -0.590. The lowest BCUT2D eigenvalue weighted by molar-refractivity contribution is -0.117. The number of nitrogens with one attached hydrogen (secondary N) is 1. The Balaban J connectivity index is 2.82. The average molecular weight is 380 g/mol. The highest BCUT2D eigenvalue weighted by Gasteiger charge is 2.17. The molecule has 1 aromatic rings. The minimum atomic E-state index is -0.544. The summed E-state index contributed by atoms with van der Waals surface area (Å²) in [4.78, 5) is 11.9. The molecular formula is C12H16Br2N2O2. The molecule has 0 aliphatic heterocycles. The predicted octanol–water partition coefficient (Wildman–Crippen LogP) is 3.23. The molecule has 0 aromatic heterocycles. The Bertz CT molecular complexity index is 427. The van der Waals surface area contributed by atoms with Crippen LogP contribution in [0.2, 0.25) is 0 Å². The summed E-state index contributed by atoms with van der Waals surface area (Å²) in [5.74, 6) is 0.228.